The van der Waals surface area contributed by atoms with Crippen molar-refractivity contribution in [2.45, 2.75) is 38.9 Å². The molecule has 2 aromatic rings. The van der Waals surface area contributed by atoms with Crippen LogP contribution in [0.4, 0.5) is 0 Å². The van der Waals surface area contributed by atoms with E-state index in [-0.39, 0.29) is 12.4 Å². The highest BCUT2D eigenvalue weighted by Gasteiger charge is 2.47. The van der Waals surface area contributed by atoms with Crippen LogP contribution in [0.25, 0.3) is 10.8 Å². The van der Waals surface area contributed by atoms with Crippen LogP contribution in [0.15, 0.2) is 36.4 Å². The Morgan fingerprint density at radius 1 is 0.947 bits per heavy atom. The Bertz CT molecular complexity index is 560. The third kappa shape index (κ3) is 1.97. The van der Waals surface area contributed by atoms with Crippen LogP contribution < -0.4 is 9.31 Å². The summed E-state index contributed by atoms with van der Waals surface area (Å²) in [6, 6.07) is 12.5. The molecule has 0 atom stereocenters. The standard InChI is InChI=1S/C16H19BO2/c1-4-16(3,5-2)17-18-14-10-12-8-6-7-9-13(12)11-15(14)19-17/h6-11H,4-5H2,1-3H3. The lowest BCUT2D eigenvalue weighted by atomic mass is 9.56. The van der Waals surface area contributed by atoms with Crippen LogP contribution >= 0.6 is 0 Å². The van der Waals surface area contributed by atoms with E-state index in [1.165, 1.54) is 10.8 Å². The summed E-state index contributed by atoms with van der Waals surface area (Å²) in [4.78, 5) is 0. The Hall–Kier alpha value is -1.64. The number of fused-ring (bicyclic) bond motifs is 2. The molecule has 1 aliphatic rings. The van der Waals surface area contributed by atoms with Crippen LogP contribution in [0, 0.1) is 0 Å². The molecule has 0 fully saturated rings. The average molecular weight is 254 g/mol. The van der Waals surface area contributed by atoms with E-state index in [1.807, 2.05) is 12.1 Å². The van der Waals surface area contributed by atoms with Crippen molar-refractivity contribution in [3.63, 3.8) is 0 Å². The van der Waals surface area contributed by atoms with Gasteiger partial charge in [0, 0.05) is 5.31 Å². The lowest BCUT2D eigenvalue weighted by molar-refractivity contribution is 0.395. The second-order valence-corrected chi connectivity index (χ2v) is 5.57. The highest BCUT2D eigenvalue weighted by atomic mass is 16.6. The van der Waals surface area contributed by atoms with E-state index in [1.54, 1.807) is 0 Å². The first kappa shape index (κ1) is 12.4. The molecule has 1 heterocycles. The van der Waals surface area contributed by atoms with E-state index >= 15 is 0 Å². The largest absolute Gasteiger partial charge is 0.601 e. The van der Waals surface area contributed by atoms with Gasteiger partial charge < -0.3 is 9.31 Å². The minimum Gasteiger partial charge on any atom is -0.523 e. The third-order valence-corrected chi connectivity index (χ3v) is 4.46. The second kappa shape index (κ2) is 4.48. The van der Waals surface area contributed by atoms with Gasteiger partial charge in [-0.05, 0) is 35.7 Å². The smallest absolute Gasteiger partial charge is 0.523 e. The molecule has 19 heavy (non-hydrogen) atoms. The molecule has 0 unspecified atom stereocenters. The van der Waals surface area contributed by atoms with Gasteiger partial charge in [-0.2, -0.15) is 0 Å². The molecule has 0 aromatic heterocycles. The highest BCUT2D eigenvalue weighted by molar-refractivity contribution is 6.51. The molecule has 3 heteroatoms. The zero-order valence-corrected chi connectivity index (χ0v) is 11.8. The molecule has 98 valence electrons. The van der Waals surface area contributed by atoms with Crippen molar-refractivity contribution in [3.05, 3.63) is 36.4 Å². The van der Waals surface area contributed by atoms with Gasteiger partial charge in [-0.1, -0.05) is 45.0 Å². The van der Waals surface area contributed by atoms with Crippen LogP contribution in [-0.4, -0.2) is 7.12 Å². The Labute approximate surface area is 114 Å². The SMILES string of the molecule is CCC(C)(CC)B1Oc2cc3ccccc3cc2O1. The molecule has 1 aliphatic heterocycles. The predicted octanol–water partition coefficient (Wildman–Crippen LogP) is 4.68. The van der Waals surface area contributed by atoms with Crippen molar-refractivity contribution in [3.8, 4) is 11.5 Å². The monoisotopic (exact) mass is 254 g/mol. The van der Waals surface area contributed by atoms with E-state index in [9.17, 15) is 0 Å². The number of rotatable bonds is 3. The van der Waals surface area contributed by atoms with Gasteiger partial charge in [-0.3, -0.25) is 0 Å². The maximum absolute atomic E-state index is 6.04. The molecular weight excluding hydrogens is 235 g/mol. The Kier molecular flexibility index (Phi) is 2.92. The third-order valence-electron chi connectivity index (χ3n) is 4.46. The molecule has 0 N–H and O–H groups in total. The lowest BCUT2D eigenvalue weighted by Crippen LogP contribution is -2.38. The first-order valence-electron chi connectivity index (χ1n) is 7.02. The topological polar surface area (TPSA) is 18.5 Å². The Balaban J connectivity index is 1.98. The van der Waals surface area contributed by atoms with Crippen molar-refractivity contribution in [2.75, 3.05) is 0 Å². The van der Waals surface area contributed by atoms with E-state index in [0.717, 1.165) is 24.3 Å². The first-order valence-corrected chi connectivity index (χ1v) is 7.02. The van der Waals surface area contributed by atoms with E-state index < -0.39 is 0 Å². The van der Waals surface area contributed by atoms with Gasteiger partial charge in [0.15, 0.2) is 0 Å². The summed E-state index contributed by atoms with van der Waals surface area (Å²) < 4.78 is 12.1. The molecule has 2 aromatic carbocycles. The zero-order chi connectivity index (χ0) is 13.5. The molecule has 0 saturated carbocycles. The number of hydrogen-bond acceptors (Lipinski definition) is 2. The predicted molar refractivity (Wildman–Crippen MR) is 79.9 cm³/mol. The fraction of sp³-hybridized carbons (Fsp3) is 0.375. The maximum atomic E-state index is 6.04. The summed E-state index contributed by atoms with van der Waals surface area (Å²) in [6.07, 6.45) is 2.09. The second-order valence-electron chi connectivity index (χ2n) is 5.57. The van der Waals surface area contributed by atoms with Gasteiger partial charge in [0.05, 0.1) is 0 Å². The van der Waals surface area contributed by atoms with Crippen molar-refractivity contribution >= 4 is 17.9 Å². The van der Waals surface area contributed by atoms with Crippen molar-refractivity contribution in [1.82, 2.24) is 0 Å². The Morgan fingerprint density at radius 2 is 1.42 bits per heavy atom. The lowest BCUT2D eigenvalue weighted by Gasteiger charge is -2.26. The summed E-state index contributed by atoms with van der Waals surface area (Å²) in [5, 5.41) is 2.45. The van der Waals surface area contributed by atoms with E-state index in [4.69, 9.17) is 9.31 Å². The summed E-state index contributed by atoms with van der Waals surface area (Å²) >= 11 is 0. The van der Waals surface area contributed by atoms with Crippen LogP contribution in [0.3, 0.4) is 0 Å². The first-order chi connectivity index (χ1) is 9.16. The summed E-state index contributed by atoms with van der Waals surface area (Å²) in [5.41, 5.74) is 0. The molecule has 2 nitrogen and oxygen atoms in total. The quantitative estimate of drug-likeness (QED) is 0.740. The van der Waals surface area contributed by atoms with E-state index in [0.29, 0.717) is 0 Å². The van der Waals surface area contributed by atoms with Crippen molar-refractivity contribution in [1.29, 1.82) is 0 Å². The minimum absolute atomic E-state index is 0.0607. The molecule has 0 saturated heterocycles. The normalized spacial score (nSPS) is 14.2. The molecule has 0 aliphatic carbocycles. The molecular formula is C16H19BO2. The molecule has 3 rings (SSSR count). The molecule has 0 bridgehead atoms. The number of benzene rings is 2. The fourth-order valence-corrected chi connectivity index (χ4v) is 2.51. The average Bonchev–Trinajstić information content (AvgIpc) is 2.87. The van der Waals surface area contributed by atoms with Gasteiger partial charge >= 0.3 is 7.12 Å². The molecule has 0 spiro atoms. The van der Waals surface area contributed by atoms with Gasteiger partial charge in [0.25, 0.3) is 0 Å². The van der Waals surface area contributed by atoms with Crippen LogP contribution in [0.5, 0.6) is 11.5 Å². The van der Waals surface area contributed by atoms with Crippen molar-refractivity contribution < 1.29 is 9.31 Å². The van der Waals surface area contributed by atoms with Gasteiger partial charge in [-0.15, -0.1) is 0 Å². The summed E-state index contributed by atoms with van der Waals surface area (Å²) in [7, 11) is -0.172. The minimum atomic E-state index is -0.172. The highest BCUT2D eigenvalue weighted by Crippen LogP contribution is 2.46. The van der Waals surface area contributed by atoms with Crippen LogP contribution in [0.1, 0.15) is 33.6 Å². The van der Waals surface area contributed by atoms with Crippen LogP contribution in [0.2, 0.25) is 5.31 Å². The zero-order valence-electron chi connectivity index (χ0n) is 11.8. The molecule has 0 radical (unpaired) electrons. The summed E-state index contributed by atoms with van der Waals surface area (Å²) in [5.74, 6) is 1.74. The number of hydrogen-bond donors (Lipinski definition) is 0. The Morgan fingerprint density at radius 3 is 1.84 bits per heavy atom. The maximum Gasteiger partial charge on any atom is 0.601 e. The van der Waals surface area contributed by atoms with Crippen LogP contribution in [-0.2, 0) is 0 Å². The van der Waals surface area contributed by atoms with Gasteiger partial charge in [0.2, 0.25) is 0 Å². The van der Waals surface area contributed by atoms with Crippen molar-refractivity contribution in [2.24, 2.45) is 0 Å². The molecule has 0 amide bonds. The van der Waals surface area contributed by atoms with Gasteiger partial charge in [0.1, 0.15) is 11.5 Å². The van der Waals surface area contributed by atoms with Gasteiger partial charge in [-0.25, -0.2) is 0 Å². The summed E-state index contributed by atoms with van der Waals surface area (Å²) in [6.45, 7) is 6.61. The van der Waals surface area contributed by atoms with E-state index in [2.05, 4.69) is 45.0 Å². The fourth-order valence-electron chi connectivity index (χ4n) is 2.51.